The van der Waals surface area contributed by atoms with Crippen LogP contribution in [0.3, 0.4) is 0 Å². The molecule has 0 bridgehead atoms. The van der Waals surface area contributed by atoms with Gasteiger partial charge < -0.3 is 15.2 Å². The molecule has 0 fully saturated rings. The number of rotatable bonds is 8. The molecule has 0 radical (unpaired) electrons. The van der Waals surface area contributed by atoms with E-state index >= 15 is 0 Å². The molecule has 10 heteroatoms. The van der Waals surface area contributed by atoms with Gasteiger partial charge in [-0.2, -0.15) is 0 Å². The maximum Gasteiger partial charge on any atom is 0.209 e. The van der Waals surface area contributed by atoms with Crippen molar-refractivity contribution in [1.29, 1.82) is 0 Å². The van der Waals surface area contributed by atoms with Crippen LogP contribution in [0.5, 0.6) is 0 Å². The molecule has 1 aromatic heterocycles. The summed E-state index contributed by atoms with van der Waals surface area (Å²) in [5.41, 5.74) is 1.36. The molecule has 0 aliphatic rings. The van der Waals surface area contributed by atoms with Crippen LogP contribution in [-0.4, -0.2) is 44.9 Å². The third-order valence-electron chi connectivity index (χ3n) is 3.42. The molecule has 1 rings (SSSR count). The minimum Gasteiger partial charge on any atom is -0.361 e. The Balaban J connectivity index is 0.00000576. The molecule has 1 heterocycles. The van der Waals surface area contributed by atoms with Gasteiger partial charge in [-0.3, -0.25) is 4.99 Å². The molecule has 8 nitrogen and oxygen atoms in total. The molecule has 0 saturated heterocycles. The van der Waals surface area contributed by atoms with Crippen LogP contribution in [0.4, 0.5) is 0 Å². The van der Waals surface area contributed by atoms with Gasteiger partial charge in [0.1, 0.15) is 5.76 Å². The number of aromatic nitrogens is 1. The highest BCUT2D eigenvalue weighted by molar-refractivity contribution is 14.0. The molecule has 0 saturated carbocycles. The quantitative estimate of drug-likeness (QED) is 0.291. The lowest BCUT2D eigenvalue weighted by molar-refractivity contribution is 0.380. The van der Waals surface area contributed by atoms with Crippen LogP contribution in [0.15, 0.2) is 9.52 Å². The Morgan fingerprint density at radius 2 is 1.88 bits per heavy atom. The number of hydrogen-bond acceptors (Lipinski definition) is 5. The second-order valence-electron chi connectivity index (χ2n) is 6.28. The normalized spacial score (nSPS) is 12.6. The standard InChI is InChI=1S/C15H29N5O3S.HI/c1-7-12-11(13(8-2)23-19-12)9-17-14(16-5)18-10-15(3,4)20-24(6,21)22;/h20H,7-10H2,1-6H3,(H2,16,17,18);1H. The zero-order valence-electron chi connectivity index (χ0n) is 15.8. The van der Waals surface area contributed by atoms with Crippen molar-refractivity contribution >= 4 is 40.0 Å². The lowest BCUT2D eigenvalue weighted by Gasteiger charge is -2.26. The van der Waals surface area contributed by atoms with E-state index in [0.717, 1.165) is 36.1 Å². The number of aliphatic imine (C=N–C) groups is 1. The van der Waals surface area contributed by atoms with Gasteiger partial charge in [-0.15, -0.1) is 24.0 Å². The van der Waals surface area contributed by atoms with E-state index in [1.54, 1.807) is 20.9 Å². The molecular formula is C15H30IN5O3S. The Morgan fingerprint density at radius 1 is 1.24 bits per heavy atom. The van der Waals surface area contributed by atoms with Crippen molar-refractivity contribution in [2.75, 3.05) is 19.8 Å². The predicted molar refractivity (Wildman–Crippen MR) is 111 cm³/mol. The number of aryl methyl sites for hydroxylation is 2. The maximum atomic E-state index is 11.4. The van der Waals surface area contributed by atoms with E-state index in [4.69, 9.17) is 4.52 Å². The summed E-state index contributed by atoms with van der Waals surface area (Å²) in [7, 11) is -1.61. The first kappa shape index (κ1) is 24.1. The molecule has 0 unspecified atom stereocenters. The Hall–Kier alpha value is -0.880. The van der Waals surface area contributed by atoms with E-state index in [1.165, 1.54) is 0 Å². The molecule has 0 amide bonds. The van der Waals surface area contributed by atoms with Crippen molar-refractivity contribution in [2.24, 2.45) is 4.99 Å². The van der Waals surface area contributed by atoms with E-state index in [-0.39, 0.29) is 24.0 Å². The van der Waals surface area contributed by atoms with E-state index in [1.807, 2.05) is 13.8 Å². The van der Waals surface area contributed by atoms with E-state index in [0.29, 0.717) is 19.0 Å². The van der Waals surface area contributed by atoms with Gasteiger partial charge in [0.15, 0.2) is 5.96 Å². The largest absolute Gasteiger partial charge is 0.361 e. The highest BCUT2D eigenvalue weighted by Gasteiger charge is 2.22. The molecule has 0 aliphatic carbocycles. The van der Waals surface area contributed by atoms with Crippen molar-refractivity contribution in [3.63, 3.8) is 0 Å². The summed E-state index contributed by atoms with van der Waals surface area (Å²) in [6.45, 7) is 8.61. The lowest BCUT2D eigenvalue weighted by atomic mass is 10.1. The average molecular weight is 487 g/mol. The molecule has 0 spiro atoms. The Kier molecular flexibility index (Phi) is 9.95. The number of halogens is 1. The summed E-state index contributed by atoms with van der Waals surface area (Å²) in [6, 6.07) is 0. The molecule has 146 valence electrons. The van der Waals surface area contributed by atoms with Gasteiger partial charge >= 0.3 is 0 Å². The van der Waals surface area contributed by atoms with Crippen LogP contribution in [0.25, 0.3) is 0 Å². The molecule has 3 N–H and O–H groups in total. The number of nitrogens with zero attached hydrogens (tertiary/aromatic N) is 2. The number of guanidine groups is 1. The van der Waals surface area contributed by atoms with Crippen molar-refractivity contribution < 1.29 is 12.9 Å². The van der Waals surface area contributed by atoms with Crippen LogP contribution in [0.2, 0.25) is 0 Å². The van der Waals surface area contributed by atoms with Gasteiger partial charge in [-0.05, 0) is 20.3 Å². The third-order valence-corrected chi connectivity index (χ3v) is 4.35. The first-order valence-corrected chi connectivity index (χ1v) is 9.90. The summed E-state index contributed by atoms with van der Waals surface area (Å²) in [5, 5.41) is 10.4. The van der Waals surface area contributed by atoms with Gasteiger partial charge in [-0.25, -0.2) is 13.1 Å². The summed E-state index contributed by atoms with van der Waals surface area (Å²) in [6.07, 6.45) is 2.73. The Morgan fingerprint density at radius 3 is 2.36 bits per heavy atom. The van der Waals surface area contributed by atoms with Crippen molar-refractivity contribution in [1.82, 2.24) is 20.5 Å². The molecule has 25 heavy (non-hydrogen) atoms. The van der Waals surface area contributed by atoms with Gasteiger partial charge in [-0.1, -0.05) is 19.0 Å². The van der Waals surface area contributed by atoms with Crippen LogP contribution in [-0.2, 0) is 29.4 Å². The number of nitrogens with one attached hydrogen (secondary N) is 3. The molecule has 1 aromatic rings. The average Bonchev–Trinajstić information content (AvgIpc) is 2.87. The summed E-state index contributed by atoms with van der Waals surface area (Å²) in [5.74, 6) is 1.46. The fourth-order valence-electron chi connectivity index (χ4n) is 2.37. The predicted octanol–water partition coefficient (Wildman–Crippen LogP) is 1.41. The van der Waals surface area contributed by atoms with Gasteiger partial charge in [0, 0.05) is 37.7 Å². The molecule has 0 atom stereocenters. The maximum absolute atomic E-state index is 11.4. The van der Waals surface area contributed by atoms with Crippen LogP contribution in [0.1, 0.15) is 44.7 Å². The molecule has 0 aromatic carbocycles. The van der Waals surface area contributed by atoms with Crippen molar-refractivity contribution in [2.45, 2.75) is 52.6 Å². The number of hydrogen-bond donors (Lipinski definition) is 3. The van der Waals surface area contributed by atoms with Crippen LogP contribution in [0, 0.1) is 0 Å². The third kappa shape index (κ3) is 8.36. The second-order valence-corrected chi connectivity index (χ2v) is 8.02. The summed E-state index contributed by atoms with van der Waals surface area (Å²) in [4.78, 5) is 4.16. The fraction of sp³-hybridized carbons (Fsp3) is 0.733. The Labute approximate surface area is 167 Å². The van der Waals surface area contributed by atoms with Crippen LogP contribution >= 0.6 is 24.0 Å². The smallest absolute Gasteiger partial charge is 0.209 e. The molecular weight excluding hydrogens is 457 g/mol. The van der Waals surface area contributed by atoms with Gasteiger partial charge in [0.2, 0.25) is 10.0 Å². The van der Waals surface area contributed by atoms with Crippen LogP contribution < -0.4 is 15.4 Å². The lowest BCUT2D eigenvalue weighted by Crippen LogP contribution is -2.52. The van der Waals surface area contributed by atoms with Gasteiger partial charge in [0.25, 0.3) is 0 Å². The van der Waals surface area contributed by atoms with Gasteiger partial charge in [0.05, 0.1) is 11.9 Å². The van der Waals surface area contributed by atoms with E-state index in [9.17, 15) is 8.42 Å². The Bertz CT molecular complexity index is 649. The van der Waals surface area contributed by atoms with E-state index in [2.05, 4.69) is 25.5 Å². The molecule has 0 aliphatic heterocycles. The van der Waals surface area contributed by atoms with Crippen molar-refractivity contribution in [3.05, 3.63) is 17.0 Å². The second kappa shape index (κ2) is 10.3. The number of sulfonamides is 1. The van der Waals surface area contributed by atoms with E-state index < -0.39 is 15.6 Å². The SMILES string of the molecule is CCc1noc(CC)c1CNC(=NC)NCC(C)(C)NS(C)(=O)=O.I. The first-order chi connectivity index (χ1) is 11.1. The minimum absolute atomic E-state index is 0. The first-order valence-electron chi connectivity index (χ1n) is 8.01. The monoisotopic (exact) mass is 487 g/mol. The minimum atomic E-state index is -3.27. The highest BCUT2D eigenvalue weighted by Crippen LogP contribution is 2.15. The zero-order valence-corrected chi connectivity index (χ0v) is 18.9. The fourth-order valence-corrected chi connectivity index (χ4v) is 3.45. The topological polar surface area (TPSA) is 109 Å². The zero-order chi connectivity index (χ0) is 18.4. The highest BCUT2D eigenvalue weighted by atomic mass is 127. The summed E-state index contributed by atoms with van der Waals surface area (Å²) >= 11 is 0. The van der Waals surface area contributed by atoms with Crippen molar-refractivity contribution in [3.8, 4) is 0 Å². The summed E-state index contributed by atoms with van der Waals surface area (Å²) < 4.78 is 30.7.